The summed E-state index contributed by atoms with van der Waals surface area (Å²) < 4.78 is 1.38. The van der Waals surface area contributed by atoms with Crippen LogP contribution in [0.15, 0.2) is 6.20 Å². The number of carbonyl (C=O) groups excluding carboxylic acids is 1. The maximum Gasteiger partial charge on any atom is 0.358 e. The lowest BCUT2D eigenvalue weighted by Gasteiger charge is -2.22. The summed E-state index contributed by atoms with van der Waals surface area (Å²) in [7, 11) is 0. The van der Waals surface area contributed by atoms with Crippen molar-refractivity contribution in [1.82, 2.24) is 20.3 Å². The second-order valence-electron chi connectivity index (χ2n) is 4.82. The molecule has 2 N–H and O–H groups in total. The maximum atomic E-state index is 11.7. The first-order valence-electron chi connectivity index (χ1n) is 6.58. The first kappa shape index (κ1) is 13.5. The van der Waals surface area contributed by atoms with E-state index in [0.29, 0.717) is 19.0 Å². The molecule has 1 aromatic rings. The molecular formula is C12H18N4O3. The van der Waals surface area contributed by atoms with Gasteiger partial charge in [-0.1, -0.05) is 24.5 Å². The van der Waals surface area contributed by atoms with Crippen LogP contribution in [0.25, 0.3) is 0 Å². The smallest absolute Gasteiger partial charge is 0.358 e. The number of carboxylic acids is 1. The van der Waals surface area contributed by atoms with Gasteiger partial charge in [-0.2, -0.15) is 0 Å². The Morgan fingerprint density at radius 2 is 2.11 bits per heavy atom. The first-order valence-corrected chi connectivity index (χ1v) is 6.58. The number of aromatic carboxylic acids is 1. The Labute approximate surface area is 111 Å². The zero-order chi connectivity index (χ0) is 13.7. The summed E-state index contributed by atoms with van der Waals surface area (Å²) in [5.41, 5.74) is -0.104. The van der Waals surface area contributed by atoms with Crippen LogP contribution >= 0.6 is 0 Å². The number of nitrogens with zero attached hydrogens (tertiary/aromatic N) is 3. The molecular weight excluding hydrogens is 248 g/mol. The number of nitrogens with one attached hydrogen (secondary N) is 1. The van der Waals surface area contributed by atoms with E-state index in [1.807, 2.05) is 0 Å². The van der Waals surface area contributed by atoms with E-state index in [1.165, 1.54) is 30.1 Å². The Balaban J connectivity index is 1.74. The Bertz CT molecular complexity index is 452. The molecule has 19 heavy (non-hydrogen) atoms. The Morgan fingerprint density at radius 3 is 2.74 bits per heavy atom. The van der Waals surface area contributed by atoms with Gasteiger partial charge in [0.05, 0.1) is 12.7 Å². The fourth-order valence-corrected chi connectivity index (χ4v) is 2.27. The highest BCUT2D eigenvalue weighted by atomic mass is 16.4. The molecule has 1 aromatic heterocycles. The Kier molecular flexibility index (Phi) is 4.48. The van der Waals surface area contributed by atoms with Crippen LogP contribution < -0.4 is 5.32 Å². The zero-order valence-corrected chi connectivity index (χ0v) is 10.7. The number of aryl methyl sites for hydroxylation is 1. The summed E-state index contributed by atoms with van der Waals surface area (Å²) in [6.45, 7) is 0.346. The van der Waals surface area contributed by atoms with Crippen LogP contribution in [0.3, 0.4) is 0 Å². The van der Waals surface area contributed by atoms with Gasteiger partial charge in [0.1, 0.15) is 0 Å². The Hall–Kier alpha value is -1.92. The van der Waals surface area contributed by atoms with Gasteiger partial charge in [-0.25, -0.2) is 4.79 Å². The second kappa shape index (κ2) is 6.31. The average Bonchev–Trinajstić information content (AvgIpc) is 2.86. The monoisotopic (exact) mass is 266 g/mol. The number of hydrogen-bond acceptors (Lipinski definition) is 4. The van der Waals surface area contributed by atoms with Crippen molar-refractivity contribution in [2.24, 2.45) is 0 Å². The Morgan fingerprint density at radius 1 is 1.37 bits per heavy atom. The van der Waals surface area contributed by atoms with Crippen LogP contribution in [0.2, 0.25) is 0 Å². The quantitative estimate of drug-likeness (QED) is 0.822. The number of rotatable bonds is 5. The van der Waals surface area contributed by atoms with Crippen molar-refractivity contribution < 1.29 is 14.7 Å². The van der Waals surface area contributed by atoms with E-state index in [9.17, 15) is 9.59 Å². The van der Waals surface area contributed by atoms with E-state index in [1.54, 1.807) is 0 Å². The molecule has 0 unspecified atom stereocenters. The third-order valence-electron chi connectivity index (χ3n) is 3.30. The van der Waals surface area contributed by atoms with Crippen LogP contribution in [0, 0.1) is 0 Å². The second-order valence-corrected chi connectivity index (χ2v) is 4.82. The molecule has 0 aliphatic heterocycles. The molecule has 0 spiro atoms. The zero-order valence-electron chi connectivity index (χ0n) is 10.7. The lowest BCUT2D eigenvalue weighted by molar-refractivity contribution is -0.122. The van der Waals surface area contributed by atoms with E-state index in [-0.39, 0.29) is 11.6 Å². The molecule has 0 atom stereocenters. The van der Waals surface area contributed by atoms with Crippen molar-refractivity contribution in [2.45, 2.75) is 51.1 Å². The molecule has 104 valence electrons. The maximum absolute atomic E-state index is 11.7. The van der Waals surface area contributed by atoms with Gasteiger partial charge in [-0.15, -0.1) is 5.10 Å². The van der Waals surface area contributed by atoms with Crippen LogP contribution in [0.5, 0.6) is 0 Å². The molecule has 1 amide bonds. The van der Waals surface area contributed by atoms with E-state index >= 15 is 0 Å². The summed E-state index contributed by atoms with van der Waals surface area (Å²) in [6.07, 6.45) is 7.33. The highest BCUT2D eigenvalue weighted by Crippen LogP contribution is 2.17. The lowest BCUT2D eigenvalue weighted by Crippen LogP contribution is -2.36. The molecule has 7 nitrogen and oxygen atoms in total. The SMILES string of the molecule is O=C(CCn1cc(C(=O)O)nn1)NC1CCCCC1. The standard InChI is InChI=1S/C12H18N4O3/c17-11(13-9-4-2-1-3-5-9)6-7-16-8-10(12(18)19)14-15-16/h8-9H,1-7H2,(H,13,17)(H,18,19). The molecule has 0 saturated heterocycles. The molecule has 1 aliphatic rings. The molecule has 2 rings (SSSR count). The molecule has 0 radical (unpaired) electrons. The van der Waals surface area contributed by atoms with Crippen LogP contribution in [-0.4, -0.2) is 38.0 Å². The molecule has 1 saturated carbocycles. The van der Waals surface area contributed by atoms with Gasteiger partial charge in [0, 0.05) is 12.5 Å². The van der Waals surface area contributed by atoms with E-state index in [4.69, 9.17) is 5.11 Å². The van der Waals surface area contributed by atoms with Gasteiger partial charge >= 0.3 is 5.97 Å². The van der Waals surface area contributed by atoms with Crippen molar-refractivity contribution in [3.8, 4) is 0 Å². The van der Waals surface area contributed by atoms with Gasteiger partial charge < -0.3 is 10.4 Å². The van der Waals surface area contributed by atoms with Gasteiger partial charge in [0.25, 0.3) is 0 Å². The van der Waals surface area contributed by atoms with E-state index < -0.39 is 5.97 Å². The van der Waals surface area contributed by atoms with E-state index in [0.717, 1.165) is 12.8 Å². The highest BCUT2D eigenvalue weighted by Gasteiger charge is 2.15. The number of aromatic nitrogens is 3. The topological polar surface area (TPSA) is 97.1 Å². The summed E-state index contributed by atoms with van der Waals surface area (Å²) in [5.74, 6) is -1.13. The third-order valence-corrected chi connectivity index (χ3v) is 3.30. The minimum absolute atomic E-state index is 0.0146. The summed E-state index contributed by atoms with van der Waals surface area (Å²) in [5, 5.41) is 18.9. The molecule has 1 heterocycles. The number of amides is 1. The van der Waals surface area contributed by atoms with Gasteiger partial charge in [-0.05, 0) is 12.8 Å². The molecule has 0 aromatic carbocycles. The lowest BCUT2D eigenvalue weighted by atomic mass is 9.95. The molecule has 0 bridgehead atoms. The fraction of sp³-hybridized carbons (Fsp3) is 0.667. The van der Waals surface area contributed by atoms with Crippen molar-refractivity contribution in [3.63, 3.8) is 0 Å². The van der Waals surface area contributed by atoms with Gasteiger partial charge in [0.15, 0.2) is 5.69 Å². The van der Waals surface area contributed by atoms with Crippen molar-refractivity contribution in [1.29, 1.82) is 0 Å². The van der Waals surface area contributed by atoms with Crippen LogP contribution in [-0.2, 0) is 11.3 Å². The number of carboxylic acid groups (broad SMARTS) is 1. The van der Waals surface area contributed by atoms with Gasteiger partial charge in [-0.3, -0.25) is 9.48 Å². The minimum Gasteiger partial charge on any atom is -0.476 e. The van der Waals surface area contributed by atoms with Crippen molar-refractivity contribution in [3.05, 3.63) is 11.9 Å². The fourth-order valence-electron chi connectivity index (χ4n) is 2.27. The van der Waals surface area contributed by atoms with Crippen molar-refractivity contribution in [2.75, 3.05) is 0 Å². The third kappa shape index (κ3) is 4.04. The molecule has 7 heteroatoms. The summed E-state index contributed by atoms with van der Waals surface area (Å²) >= 11 is 0. The first-order chi connectivity index (χ1) is 9.15. The summed E-state index contributed by atoms with van der Waals surface area (Å²) in [6, 6.07) is 0.298. The average molecular weight is 266 g/mol. The minimum atomic E-state index is -1.11. The summed E-state index contributed by atoms with van der Waals surface area (Å²) in [4.78, 5) is 22.4. The van der Waals surface area contributed by atoms with Crippen LogP contribution in [0.1, 0.15) is 49.0 Å². The molecule has 1 fully saturated rings. The largest absolute Gasteiger partial charge is 0.476 e. The predicted octanol–water partition coefficient (Wildman–Crippen LogP) is 0.815. The normalized spacial score (nSPS) is 16.2. The van der Waals surface area contributed by atoms with Crippen molar-refractivity contribution >= 4 is 11.9 Å². The number of carbonyl (C=O) groups is 2. The molecule has 1 aliphatic carbocycles. The van der Waals surface area contributed by atoms with E-state index in [2.05, 4.69) is 15.6 Å². The number of hydrogen-bond donors (Lipinski definition) is 2. The van der Waals surface area contributed by atoms with Crippen LogP contribution in [0.4, 0.5) is 0 Å². The highest BCUT2D eigenvalue weighted by molar-refractivity contribution is 5.84. The predicted molar refractivity (Wildman–Crippen MR) is 66.6 cm³/mol. The van der Waals surface area contributed by atoms with Gasteiger partial charge in [0.2, 0.25) is 5.91 Å².